The van der Waals surface area contributed by atoms with E-state index in [1.165, 1.54) is 0 Å². The molecule has 0 unspecified atom stereocenters. The van der Waals surface area contributed by atoms with Crippen LogP contribution < -0.4 is 10.6 Å². The van der Waals surface area contributed by atoms with Crippen molar-refractivity contribution >= 4 is 11.6 Å². The Labute approximate surface area is 108 Å². The lowest BCUT2D eigenvalue weighted by Crippen LogP contribution is -2.40. The Kier molecular flexibility index (Phi) is 5.37. The first-order valence-electron chi connectivity index (χ1n) is 5.79. The third-order valence-corrected chi connectivity index (χ3v) is 2.60. The molecule has 2 nitrogen and oxygen atoms in total. The van der Waals surface area contributed by atoms with Gasteiger partial charge in [0.25, 0.3) is 0 Å². The Morgan fingerprint density at radius 1 is 1.24 bits per heavy atom. The number of hydrogen-bond donors (Lipinski definition) is 2. The lowest BCUT2D eigenvalue weighted by molar-refractivity contribution is 0.421. The highest BCUT2D eigenvalue weighted by atomic mass is 35.5. The molecule has 2 N–H and O–H groups in total. The molecule has 0 aliphatic carbocycles. The maximum atomic E-state index is 13.5. The number of halogens is 2. The molecule has 0 bridgehead atoms. The summed E-state index contributed by atoms with van der Waals surface area (Å²) >= 11 is 5.70. The molecule has 0 atom stereocenters. The zero-order valence-electron chi connectivity index (χ0n) is 10.6. The Morgan fingerprint density at radius 3 is 2.59 bits per heavy atom. The SMILES string of the molecule is CC(C)(C)NCCNCc1cccc(Cl)c1F. The summed E-state index contributed by atoms with van der Waals surface area (Å²) in [6, 6.07) is 5.06. The van der Waals surface area contributed by atoms with Crippen LogP contribution in [0, 0.1) is 5.82 Å². The molecule has 0 spiro atoms. The zero-order valence-corrected chi connectivity index (χ0v) is 11.4. The van der Waals surface area contributed by atoms with Crippen molar-refractivity contribution in [2.45, 2.75) is 32.9 Å². The lowest BCUT2D eigenvalue weighted by Gasteiger charge is -2.20. The first-order valence-corrected chi connectivity index (χ1v) is 6.16. The predicted molar refractivity (Wildman–Crippen MR) is 70.9 cm³/mol. The lowest BCUT2D eigenvalue weighted by atomic mass is 10.1. The first-order chi connectivity index (χ1) is 7.90. The van der Waals surface area contributed by atoms with Gasteiger partial charge in [0.1, 0.15) is 5.82 Å². The van der Waals surface area contributed by atoms with Crippen molar-refractivity contribution in [3.63, 3.8) is 0 Å². The molecule has 1 rings (SSSR count). The summed E-state index contributed by atoms with van der Waals surface area (Å²) in [5.41, 5.74) is 0.719. The van der Waals surface area contributed by atoms with Gasteiger partial charge in [-0.1, -0.05) is 23.7 Å². The number of hydrogen-bond acceptors (Lipinski definition) is 2. The summed E-state index contributed by atoms with van der Waals surface area (Å²) < 4.78 is 13.5. The molecule has 0 aliphatic heterocycles. The Morgan fingerprint density at radius 2 is 1.94 bits per heavy atom. The van der Waals surface area contributed by atoms with Gasteiger partial charge in [-0.2, -0.15) is 0 Å². The van der Waals surface area contributed by atoms with Gasteiger partial charge in [-0.25, -0.2) is 4.39 Å². The third kappa shape index (κ3) is 5.48. The standard InChI is InChI=1S/C13H20ClFN2/c1-13(2,3)17-8-7-16-9-10-5-4-6-11(14)12(10)15/h4-6,16-17H,7-9H2,1-3H3. The largest absolute Gasteiger partial charge is 0.311 e. The van der Waals surface area contributed by atoms with Gasteiger partial charge in [0, 0.05) is 30.7 Å². The fourth-order valence-corrected chi connectivity index (χ4v) is 1.63. The second kappa shape index (κ2) is 6.34. The highest BCUT2D eigenvalue weighted by Gasteiger charge is 2.08. The minimum absolute atomic E-state index is 0.114. The second-order valence-electron chi connectivity index (χ2n) is 5.07. The van der Waals surface area contributed by atoms with Crippen LogP contribution in [0.3, 0.4) is 0 Å². The highest BCUT2D eigenvalue weighted by Crippen LogP contribution is 2.17. The maximum Gasteiger partial charge on any atom is 0.146 e. The topological polar surface area (TPSA) is 24.1 Å². The molecule has 0 saturated carbocycles. The molecule has 0 heterocycles. The fourth-order valence-electron chi connectivity index (χ4n) is 1.43. The average Bonchev–Trinajstić information content (AvgIpc) is 2.22. The highest BCUT2D eigenvalue weighted by molar-refractivity contribution is 6.30. The van der Waals surface area contributed by atoms with Crippen LogP contribution in [0.5, 0.6) is 0 Å². The van der Waals surface area contributed by atoms with E-state index in [1.807, 2.05) is 0 Å². The normalized spacial score (nSPS) is 11.8. The Balaban J connectivity index is 2.29. The van der Waals surface area contributed by atoms with Gasteiger partial charge in [0.05, 0.1) is 5.02 Å². The van der Waals surface area contributed by atoms with Crippen molar-refractivity contribution < 1.29 is 4.39 Å². The van der Waals surface area contributed by atoms with E-state index in [2.05, 4.69) is 31.4 Å². The maximum absolute atomic E-state index is 13.5. The molecule has 1 aromatic carbocycles. The van der Waals surface area contributed by atoms with Crippen molar-refractivity contribution in [3.8, 4) is 0 Å². The van der Waals surface area contributed by atoms with Crippen molar-refractivity contribution in [2.75, 3.05) is 13.1 Å². The van der Waals surface area contributed by atoms with Crippen molar-refractivity contribution in [3.05, 3.63) is 34.6 Å². The van der Waals surface area contributed by atoms with Crippen LogP contribution in [-0.4, -0.2) is 18.6 Å². The van der Waals surface area contributed by atoms with Crippen LogP contribution >= 0.6 is 11.6 Å². The summed E-state index contributed by atoms with van der Waals surface area (Å²) in [6.45, 7) is 8.49. The van der Waals surface area contributed by atoms with E-state index in [0.717, 1.165) is 13.1 Å². The molecule has 0 amide bonds. The van der Waals surface area contributed by atoms with E-state index in [1.54, 1.807) is 18.2 Å². The van der Waals surface area contributed by atoms with Gasteiger partial charge in [-0.3, -0.25) is 0 Å². The molecule has 17 heavy (non-hydrogen) atoms. The van der Waals surface area contributed by atoms with E-state index in [4.69, 9.17) is 11.6 Å². The summed E-state index contributed by atoms with van der Waals surface area (Å²) in [5, 5.41) is 6.71. The fraction of sp³-hybridized carbons (Fsp3) is 0.538. The van der Waals surface area contributed by atoms with Crippen LogP contribution in [-0.2, 0) is 6.54 Å². The van der Waals surface area contributed by atoms with E-state index >= 15 is 0 Å². The Bertz CT molecular complexity index is 361. The van der Waals surface area contributed by atoms with E-state index in [9.17, 15) is 4.39 Å². The predicted octanol–water partition coefficient (Wildman–Crippen LogP) is 2.96. The number of benzene rings is 1. The molecule has 0 fully saturated rings. The molecular formula is C13H20ClFN2. The van der Waals surface area contributed by atoms with Crippen LogP contribution in [0.25, 0.3) is 0 Å². The molecule has 0 aromatic heterocycles. The minimum Gasteiger partial charge on any atom is -0.311 e. The van der Waals surface area contributed by atoms with Gasteiger partial charge >= 0.3 is 0 Å². The second-order valence-corrected chi connectivity index (χ2v) is 5.47. The number of rotatable bonds is 5. The first kappa shape index (κ1) is 14.4. The molecule has 1 aromatic rings. The summed E-state index contributed by atoms with van der Waals surface area (Å²) in [4.78, 5) is 0. The molecule has 0 aliphatic rings. The van der Waals surface area contributed by atoms with Crippen LogP contribution in [0.4, 0.5) is 4.39 Å². The van der Waals surface area contributed by atoms with E-state index < -0.39 is 0 Å². The van der Waals surface area contributed by atoms with Crippen molar-refractivity contribution in [1.82, 2.24) is 10.6 Å². The monoisotopic (exact) mass is 258 g/mol. The summed E-state index contributed by atoms with van der Waals surface area (Å²) in [7, 11) is 0. The van der Waals surface area contributed by atoms with Gasteiger partial charge in [0.2, 0.25) is 0 Å². The van der Waals surface area contributed by atoms with Gasteiger partial charge in [-0.15, -0.1) is 0 Å². The number of nitrogens with one attached hydrogen (secondary N) is 2. The Hall–Kier alpha value is -0.640. The molecule has 4 heteroatoms. The van der Waals surface area contributed by atoms with Gasteiger partial charge in [0.15, 0.2) is 0 Å². The third-order valence-electron chi connectivity index (χ3n) is 2.30. The van der Waals surface area contributed by atoms with Crippen LogP contribution in [0.2, 0.25) is 5.02 Å². The minimum atomic E-state index is -0.328. The van der Waals surface area contributed by atoms with E-state index in [0.29, 0.717) is 12.1 Å². The van der Waals surface area contributed by atoms with E-state index in [-0.39, 0.29) is 16.4 Å². The van der Waals surface area contributed by atoms with Crippen molar-refractivity contribution in [1.29, 1.82) is 0 Å². The van der Waals surface area contributed by atoms with Crippen LogP contribution in [0.1, 0.15) is 26.3 Å². The average molecular weight is 259 g/mol. The van der Waals surface area contributed by atoms with Crippen LogP contribution in [0.15, 0.2) is 18.2 Å². The van der Waals surface area contributed by atoms with Gasteiger partial charge < -0.3 is 10.6 Å². The smallest absolute Gasteiger partial charge is 0.146 e. The van der Waals surface area contributed by atoms with Crippen molar-refractivity contribution in [2.24, 2.45) is 0 Å². The molecular weight excluding hydrogens is 239 g/mol. The molecule has 0 saturated heterocycles. The molecule has 96 valence electrons. The summed E-state index contributed by atoms with van der Waals surface area (Å²) in [5.74, 6) is -0.328. The summed E-state index contributed by atoms with van der Waals surface area (Å²) in [6.07, 6.45) is 0. The molecule has 0 radical (unpaired) electrons. The zero-order chi connectivity index (χ0) is 12.9. The quantitative estimate of drug-likeness (QED) is 0.794. The van der Waals surface area contributed by atoms with Gasteiger partial charge in [-0.05, 0) is 26.8 Å².